The van der Waals surface area contributed by atoms with Crippen LogP contribution in [0.4, 0.5) is 11.4 Å². The highest BCUT2D eigenvalue weighted by molar-refractivity contribution is 7.92. The fourth-order valence-corrected chi connectivity index (χ4v) is 4.48. The Kier molecular flexibility index (Phi) is 7.50. The van der Waals surface area contributed by atoms with E-state index >= 15 is 0 Å². The summed E-state index contributed by atoms with van der Waals surface area (Å²) in [7, 11) is -2.68. The fourth-order valence-electron chi connectivity index (χ4n) is 2.84. The molecule has 7 nitrogen and oxygen atoms in total. The molecule has 0 aromatic heterocycles. The summed E-state index contributed by atoms with van der Waals surface area (Å²) in [6, 6.07) is 15.4. The number of hydrogen-bond donors (Lipinski definition) is 2. The van der Waals surface area contributed by atoms with Crippen LogP contribution in [0.2, 0.25) is 10.0 Å². The van der Waals surface area contributed by atoms with Gasteiger partial charge in [0.15, 0.2) is 0 Å². The number of rotatable bonds is 8. The number of hydrogen-bond acceptors (Lipinski definition) is 5. The van der Waals surface area contributed by atoms with Gasteiger partial charge in [-0.3, -0.25) is 9.52 Å². The van der Waals surface area contributed by atoms with Gasteiger partial charge in [0.2, 0.25) is 0 Å². The van der Waals surface area contributed by atoms with E-state index in [1.54, 1.807) is 36.4 Å². The Morgan fingerprint density at radius 2 is 1.69 bits per heavy atom. The van der Waals surface area contributed by atoms with Gasteiger partial charge >= 0.3 is 0 Å². The molecule has 0 heterocycles. The number of carbonyl (C=O) groups excluding carboxylic acids is 1. The van der Waals surface area contributed by atoms with Crippen LogP contribution in [-0.2, 0) is 10.0 Å². The first-order valence-corrected chi connectivity index (χ1v) is 11.7. The third-order valence-electron chi connectivity index (χ3n) is 4.32. The molecule has 32 heavy (non-hydrogen) atoms. The van der Waals surface area contributed by atoms with Crippen LogP contribution in [0.3, 0.4) is 0 Å². The van der Waals surface area contributed by atoms with Gasteiger partial charge in [0, 0.05) is 11.4 Å². The minimum Gasteiger partial charge on any atom is -0.495 e. The second kappa shape index (κ2) is 10.1. The summed E-state index contributed by atoms with van der Waals surface area (Å²) in [4.78, 5) is 12.5. The molecule has 1 amide bonds. The Hall–Kier alpha value is -2.94. The molecule has 3 rings (SSSR count). The van der Waals surface area contributed by atoms with Crippen molar-refractivity contribution < 1.29 is 22.7 Å². The van der Waals surface area contributed by atoms with Crippen LogP contribution in [0, 0.1) is 0 Å². The van der Waals surface area contributed by atoms with Gasteiger partial charge in [-0.05, 0) is 61.5 Å². The summed E-state index contributed by atoms with van der Waals surface area (Å²) in [5.74, 6) is 0.199. The lowest BCUT2D eigenvalue weighted by Gasteiger charge is -2.14. The summed E-state index contributed by atoms with van der Waals surface area (Å²) in [5, 5.41) is 2.96. The number of halogens is 2. The normalized spacial score (nSPS) is 11.0. The molecule has 0 bridgehead atoms. The van der Waals surface area contributed by atoms with Gasteiger partial charge < -0.3 is 14.8 Å². The SMILES string of the molecule is CCOc1ccc(NS(=O)(=O)c2cc(NC(=O)c3cccc(Cl)c3Cl)ccc2OC)cc1. The first-order valence-electron chi connectivity index (χ1n) is 9.44. The fraction of sp³-hybridized carbons (Fsp3) is 0.136. The van der Waals surface area contributed by atoms with E-state index < -0.39 is 15.9 Å². The van der Waals surface area contributed by atoms with Crippen molar-refractivity contribution in [2.75, 3.05) is 23.8 Å². The summed E-state index contributed by atoms with van der Waals surface area (Å²) in [5.41, 5.74) is 0.737. The van der Waals surface area contributed by atoms with E-state index in [9.17, 15) is 13.2 Å². The van der Waals surface area contributed by atoms with Crippen molar-refractivity contribution in [2.45, 2.75) is 11.8 Å². The van der Waals surface area contributed by atoms with E-state index in [1.807, 2.05) is 6.92 Å². The molecule has 0 aliphatic carbocycles. The minimum absolute atomic E-state index is 0.102. The van der Waals surface area contributed by atoms with Gasteiger partial charge in [0.25, 0.3) is 15.9 Å². The van der Waals surface area contributed by atoms with Crippen LogP contribution < -0.4 is 19.5 Å². The van der Waals surface area contributed by atoms with E-state index in [0.29, 0.717) is 18.0 Å². The molecule has 0 aliphatic rings. The number of sulfonamides is 1. The van der Waals surface area contributed by atoms with Crippen LogP contribution in [0.1, 0.15) is 17.3 Å². The molecule has 2 N–H and O–H groups in total. The zero-order chi connectivity index (χ0) is 23.3. The second-order valence-electron chi connectivity index (χ2n) is 6.48. The lowest BCUT2D eigenvalue weighted by atomic mass is 10.2. The number of benzene rings is 3. The van der Waals surface area contributed by atoms with Gasteiger partial charge in [-0.15, -0.1) is 0 Å². The van der Waals surface area contributed by atoms with E-state index in [4.69, 9.17) is 32.7 Å². The van der Waals surface area contributed by atoms with Crippen LogP contribution >= 0.6 is 23.2 Å². The quantitative estimate of drug-likeness (QED) is 0.433. The predicted octanol–water partition coefficient (Wildman–Crippen LogP) is 5.45. The summed E-state index contributed by atoms with van der Waals surface area (Å²) < 4.78 is 39.1. The third-order valence-corrected chi connectivity index (χ3v) is 6.55. The van der Waals surface area contributed by atoms with Crippen molar-refractivity contribution in [3.63, 3.8) is 0 Å². The van der Waals surface area contributed by atoms with Crippen LogP contribution in [-0.4, -0.2) is 28.0 Å². The van der Waals surface area contributed by atoms with Gasteiger partial charge in [-0.2, -0.15) is 0 Å². The molecule has 10 heteroatoms. The Morgan fingerprint density at radius 3 is 2.34 bits per heavy atom. The van der Waals surface area contributed by atoms with Crippen molar-refractivity contribution >= 4 is 50.5 Å². The van der Waals surface area contributed by atoms with E-state index in [0.717, 1.165) is 0 Å². The van der Waals surface area contributed by atoms with E-state index in [-0.39, 0.29) is 31.9 Å². The Morgan fingerprint density at radius 1 is 1.00 bits per heavy atom. The van der Waals surface area contributed by atoms with Crippen LogP contribution in [0.15, 0.2) is 65.6 Å². The zero-order valence-corrected chi connectivity index (χ0v) is 19.5. The number of nitrogens with one attached hydrogen (secondary N) is 2. The monoisotopic (exact) mass is 494 g/mol. The number of anilines is 2. The Bertz CT molecular complexity index is 1230. The average Bonchev–Trinajstić information content (AvgIpc) is 2.77. The van der Waals surface area contributed by atoms with Crippen LogP contribution in [0.5, 0.6) is 11.5 Å². The van der Waals surface area contributed by atoms with Crippen molar-refractivity contribution in [3.05, 3.63) is 76.3 Å². The first-order chi connectivity index (χ1) is 15.2. The molecule has 3 aromatic carbocycles. The minimum atomic E-state index is -4.03. The molecule has 0 spiro atoms. The maximum Gasteiger partial charge on any atom is 0.265 e. The first kappa shape index (κ1) is 23.7. The van der Waals surface area contributed by atoms with Crippen molar-refractivity contribution in [1.29, 1.82) is 0 Å². The lowest BCUT2D eigenvalue weighted by Crippen LogP contribution is -2.16. The number of ether oxygens (including phenoxy) is 2. The zero-order valence-electron chi connectivity index (χ0n) is 17.2. The van der Waals surface area contributed by atoms with Crippen molar-refractivity contribution in [1.82, 2.24) is 0 Å². The van der Waals surface area contributed by atoms with E-state index in [1.165, 1.54) is 31.4 Å². The highest BCUT2D eigenvalue weighted by atomic mass is 35.5. The standard InChI is InChI=1S/C22H20Cl2N2O5S/c1-3-31-16-10-7-14(8-11-16)26-32(28,29)20-13-15(9-12-19(20)30-2)25-22(27)17-5-4-6-18(23)21(17)24/h4-13,26H,3H2,1-2H3,(H,25,27). The summed E-state index contributed by atoms with van der Waals surface area (Å²) in [6.07, 6.45) is 0. The molecule has 0 saturated heterocycles. The molecule has 0 unspecified atom stereocenters. The van der Waals surface area contributed by atoms with Crippen molar-refractivity contribution in [2.24, 2.45) is 0 Å². The predicted molar refractivity (Wildman–Crippen MR) is 126 cm³/mol. The molecule has 3 aromatic rings. The molecular formula is C22H20Cl2N2O5S. The average molecular weight is 495 g/mol. The highest BCUT2D eigenvalue weighted by Gasteiger charge is 2.22. The van der Waals surface area contributed by atoms with Gasteiger partial charge in [-0.25, -0.2) is 8.42 Å². The van der Waals surface area contributed by atoms with Gasteiger partial charge in [-0.1, -0.05) is 29.3 Å². The van der Waals surface area contributed by atoms with Gasteiger partial charge in [0.1, 0.15) is 16.4 Å². The van der Waals surface area contributed by atoms with E-state index in [2.05, 4.69) is 10.0 Å². The summed E-state index contributed by atoms with van der Waals surface area (Å²) >= 11 is 12.1. The van der Waals surface area contributed by atoms with Crippen LogP contribution in [0.25, 0.3) is 0 Å². The smallest absolute Gasteiger partial charge is 0.265 e. The third kappa shape index (κ3) is 5.45. The molecule has 0 atom stereocenters. The molecular weight excluding hydrogens is 475 g/mol. The molecule has 0 fully saturated rings. The highest BCUT2D eigenvalue weighted by Crippen LogP contribution is 2.31. The number of methoxy groups -OCH3 is 1. The molecule has 0 aliphatic heterocycles. The topological polar surface area (TPSA) is 93.7 Å². The largest absolute Gasteiger partial charge is 0.495 e. The Balaban J connectivity index is 1.88. The molecule has 168 valence electrons. The second-order valence-corrected chi connectivity index (χ2v) is 8.92. The van der Waals surface area contributed by atoms with Gasteiger partial charge in [0.05, 0.1) is 29.3 Å². The Labute approximate surface area is 196 Å². The maximum atomic E-state index is 13.0. The molecule has 0 saturated carbocycles. The number of amides is 1. The lowest BCUT2D eigenvalue weighted by molar-refractivity contribution is 0.102. The number of carbonyl (C=O) groups is 1. The van der Waals surface area contributed by atoms with Crippen molar-refractivity contribution in [3.8, 4) is 11.5 Å². The summed E-state index contributed by atoms with van der Waals surface area (Å²) in [6.45, 7) is 2.36. The molecule has 0 radical (unpaired) electrons. The maximum absolute atomic E-state index is 13.0.